The summed E-state index contributed by atoms with van der Waals surface area (Å²) in [6, 6.07) is 0. The van der Waals surface area contributed by atoms with Gasteiger partial charge in [-0.25, -0.2) is 0 Å². The molecule has 4 nitrogen and oxygen atoms in total. The Labute approximate surface area is 66.7 Å². The van der Waals surface area contributed by atoms with Crippen molar-refractivity contribution in [3.63, 3.8) is 0 Å². The highest BCUT2D eigenvalue weighted by molar-refractivity contribution is 6.01. The van der Waals surface area contributed by atoms with E-state index in [2.05, 4.69) is 4.99 Å². The van der Waals surface area contributed by atoms with E-state index in [1.165, 1.54) is 0 Å². The second kappa shape index (κ2) is 4.71. The number of hydrogen-bond acceptors (Lipinski definition) is 2. The molecular weight excluding hydrogens is 142 g/mol. The first-order valence-electron chi connectivity index (χ1n) is 3.68. The molecule has 0 aromatic rings. The first-order chi connectivity index (χ1) is 5.09. The molecule has 0 aliphatic rings. The molecule has 0 aromatic carbocycles. The summed E-state index contributed by atoms with van der Waals surface area (Å²) < 4.78 is 0. The fraction of sp³-hybridized carbons (Fsp3) is 0.714. The number of amidine groups is 1. The standard InChI is InChI=1S/C7H15N3O/c1-3-4-10-6(8)5(2)7(9)11/h5H,3-4H2,1-2H3,(H2,8,10)(H2,9,11). The van der Waals surface area contributed by atoms with Crippen molar-refractivity contribution in [1.29, 1.82) is 0 Å². The van der Waals surface area contributed by atoms with Gasteiger partial charge >= 0.3 is 0 Å². The minimum atomic E-state index is -0.443. The number of primary amides is 1. The summed E-state index contributed by atoms with van der Waals surface area (Å²) in [7, 11) is 0. The van der Waals surface area contributed by atoms with Gasteiger partial charge in [0.15, 0.2) is 0 Å². The SMILES string of the molecule is CCCN=C(N)C(C)C(N)=O. The van der Waals surface area contributed by atoms with Gasteiger partial charge in [0.05, 0.1) is 5.92 Å². The van der Waals surface area contributed by atoms with Crippen LogP contribution in [0.25, 0.3) is 0 Å². The highest BCUT2D eigenvalue weighted by Gasteiger charge is 2.11. The van der Waals surface area contributed by atoms with Crippen LogP contribution in [0.2, 0.25) is 0 Å². The average Bonchev–Trinajstić information content (AvgIpc) is 1.98. The summed E-state index contributed by atoms with van der Waals surface area (Å²) in [6.45, 7) is 4.30. The molecule has 0 fully saturated rings. The van der Waals surface area contributed by atoms with Crippen LogP contribution in [-0.4, -0.2) is 18.3 Å². The van der Waals surface area contributed by atoms with Gasteiger partial charge in [-0.3, -0.25) is 9.79 Å². The summed E-state index contributed by atoms with van der Waals surface area (Å²) in [6.07, 6.45) is 0.923. The third-order valence-corrected chi connectivity index (χ3v) is 1.39. The third-order valence-electron chi connectivity index (χ3n) is 1.39. The van der Waals surface area contributed by atoms with Gasteiger partial charge < -0.3 is 11.5 Å². The summed E-state index contributed by atoms with van der Waals surface area (Å²) in [5.41, 5.74) is 10.5. The van der Waals surface area contributed by atoms with Crippen molar-refractivity contribution in [3.8, 4) is 0 Å². The molecule has 1 amide bonds. The van der Waals surface area contributed by atoms with Gasteiger partial charge in [0.25, 0.3) is 0 Å². The fourth-order valence-electron chi connectivity index (χ4n) is 0.524. The largest absolute Gasteiger partial charge is 0.387 e. The molecule has 4 N–H and O–H groups in total. The number of nitrogens with zero attached hydrogens (tertiary/aromatic N) is 1. The molecule has 0 rings (SSSR count). The van der Waals surface area contributed by atoms with Crippen LogP contribution >= 0.6 is 0 Å². The molecule has 0 saturated carbocycles. The van der Waals surface area contributed by atoms with Gasteiger partial charge in [0, 0.05) is 6.54 Å². The summed E-state index contributed by atoms with van der Waals surface area (Å²) in [4.78, 5) is 14.5. The zero-order valence-electron chi connectivity index (χ0n) is 7.00. The van der Waals surface area contributed by atoms with Crippen molar-refractivity contribution in [2.45, 2.75) is 20.3 Å². The molecule has 0 bridgehead atoms. The normalized spacial score (nSPS) is 14.5. The second-order valence-corrected chi connectivity index (χ2v) is 2.43. The third kappa shape index (κ3) is 3.60. The predicted octanol–water partition coefficient (Wildman–Crippen LogP) is -0.125. The topological polar surface area (TPSA) is 81.5 Å². The number of carbonyl (C=O) groups excluding carboxylic acids is 1. The Balaban J connectivity index is 4.00. The first-order valence-corrected chi connectivity index (χ1v) is 3.68. The van der Waals surface area contributed by atoms with Crippen LogP contribution < -0.4 is 11.5 Å². The van der Waals surface area contributed by atoms with E-state index in [1.807, 2.05) is 6.92 Å². The molecule has 0 spiro atoms. The van der Waals surface area contributed by atoms with Gasteiger partial charge in [-0.1, -0.05) is 6.92 Å². The molecule has 1 unspecified atom stereocenters. The zero-order valence-corrected chi connectivity index (χ0v) is 7.00. The molecular formula is C7H15N3O. The average molecular weight is 157 g/mol. The Kier molecular flexibility index (Phi) is 4.26. The molecule has 1 atom stereocenters. The molecule has 0 aliphatic carbocycles. The fourth-order valence-corrected chi connectivity index (χ4v) is 0.524. The number of amides is 1. The highest BCUT2D eigenvalue weighted by Crippen LogP contribution is 1.93. The van der Waals surface area contributed by atoms with E-state index >= 15 is 0 Å². The summed E-state index contributed by atoms with van der Waals surface area (Å²) in [5.74, 6) is -0.539. The molecule has 0 radical (unpaired) electrons. The summed E-state index contributed by atoms with van der Waals surface area (Å²) >= 11 is 0. The number of rotatable bonds is 4. The summed E-state index contributed by atoms with van der Waals surface area (Å²) in [5, 5.41) is 0. The van der Waals surface area contributed by atoms with Crippen LogP contribution in [0.3, 0.4) is 0 Å². The van der Waals surface area contributed by atoms with E-state index in [-0.39, 0.29) is 0 Å². The van der Waals surface area contributed by atoms with Gasteiger partial charge in [0.1, 0.15) is 5.84 Å². The zero-order chi connectivity index (χ0) is 8.85. The monoisotopic (exact) mass is 157 g/mol. The van der Waals surface area contributed by atoms with Gasteiger partial charge in [-0.15, -0.1) is 0 Å². The smallest absolute Gasteiger partial charge is 0.227 e. The number of aliphatic imine (C=N–C) groups is 1. The van der Waals surface area contributed by atoms with Crippen molar-refractivity contribution in [1.82, 2.24) is 0 Å². The van der Waals surface area contributed by atoms with E-state index in [0.717, 1.165) is 6.42 Å². The van der Waals surface area contributed by atoms with E-state index in [1.54, 1.807) is 6.92 Å². The van der Waals surface area contributed by atoms with Crippen LogP contribution in [0.5, 0.6) is 0 Å². The van der Waals surface area contributed by atoms with Crippen LogP contribution in [0.1, 0.15) is 20.3 Å². The van der Waals surface area contributed by atoms with Crippen molar-refractivity contribution in [2.24, 2.45) is 22.4 Å². The van der Waals surface area contributed by atoms with Crippen molar-refractivity contribution in [3.05, 3.63) is 0 Å². The lowest BCUT2D eigenvalue weighted by atomic mass is 10.1. The van der Waals surface area contributed by atoms with Gasteiger partial charge in [0.2, 0.25) is 5.91 Å². The molecule has 4 heteroatoms. The molecule has 0 saturated heterocycles. The Morgan fingerprint density at radius 3 is 2.45 bits per heavy atom. The molecule has 0 heterocycles. The van der Waals surface area contributed by atoms with E-state index < -0.39 is 11.8 Å². The van der Waals surface area contributed by atoms with E-state index in [9.17, 15) is 4.79 Å². The van der Waals surface area contributed by atoms with Crippen LogP contribution in [0.15, 0.2) is 4.99 Å². The number of hydrogen-bond donors (Lipinski definition) is 2. The predicted molar refractivity (Wildman–Crippen MR) is 45.1 cm³/mol. The first kappa shape index (κ1) is 9.94. The molecule has 64 valence electrons. The minimum Gasteiger partial charge on any atom is -0.387 e. The van der Waals surface area contributed by atoms with Gasteiger partial charge in [-0.2, -0.15) is 0 Å². The molecule has 0 aliphatic heterocycles. The van der Waals surface area contributed by atoms with Crippen LogP contribution in [0, 0.1) is 5.92 Å². The lowest BCUT2D eigenvalue weighted by molar-refractivity contribution is -0.119. The minimum absolute atomic E-state index is 0.333. The number of carbonyl (C=O) groups is 1. The maximum Gasteiger partial charge on any atom is 0.227 e. The Morgan fingerprint density at radius 1 is 1.55 bits per heavy atom. The second-order valence-electron chi connectivity index (χ2n) is 2.43. The molecule has 11 heavy (non-hydrogen) atoms. The van der Waals surface area contributed by atoms with Crippen molar-refractivity contribution in [2.75, 3.05) is 6.54 Å². The van der Waals surface area contributed by atoms with E-state index in [0.29, 0.717) is 12.4 Å². The Hall–Kier alpha value is -1.06. The Morgan fingerprint density at radius 2 is 2.09 bits per heavy atom. The van der Waals surface area contributed by atoms with Gasteiger partial charge in [-0.05, 0) is 13.3 Å². The van der Waals surface area contributed by atoms with Crippen molar-refractivity contribution < 1.29 is 4.79 Å². The van der Waals surface area contributed by atoms with Crippen LogP contribution in [0.4, 0.5) is 0 Å². The number of nitrogens with two attached hydrogens (primary N) is 2. The van der Waals surface area contributed by atoms with Crippen molar-refractivity contribution >= 4 is 11.7 Å². The highest BCUT2D eigenvalue weighted by atomic mass is 16.1. The maximum atomic E-state index is 10.6. The molecule has 0 aromatic heterocycles. The Bertz CT molecular complexity index is 165. The lowest BCUT2D eigenvalue weighted by Crippen LogP contribution is -2.33. The van der Waals surface area contributed by atoms with E-state index in [4.69, 9.17) is 11.5 Å². The van der Waals surface area contributed by atoms with Crippen LogP contribution in [-0.2, 0) is 4.79 Å². The maximum absolute atomic E-state index is 10.6. The quantitative estimate of drug-likeness (QED) is 0.440. The lowest BCUT2D eigenvalue weighted by Gasteiger charge is -2.05.